The van der Waals surface area contributed by atoms with Crippen molar-refractivity contribution in [2.45, 2.75) is 65.5 Å². The number of nitrogens with two attached hydrogens (primary N) is 1. The highest BCUT2D eigenvalue weighted by Gasteiger charge is 2.29. The number of aliphatic hydroxyl groups is 1. The summed E-state index contributed by atoms with van der Waals surface area (Å²) < 4.78 is 20.3. The summed E-state index contributed by atoms with van der Waals surface area (Å²) in [6.45, 7) is 8.34. The number of rotatable bonds is 5. The molecule has 15 heteroatoms. The van der Waals surface area contributed by atoms with Crippen molar-refractivity contribution < 1.29 is 43.9 Å². The zero-order chi connectivity index (χ0) is 35.0. The number of aromatic hydroxyl groups is 2. The van der Waals surface area contributed by atoms with Crippen molar-refractivity contribution in [2.75, 3.05) is 24.9 Å². The fourth-order valence-electron chi connectivity index (χ4n) is 5.02. The zero-order valence-corrected chi connectivity index (χ0v) is 28.0. The number of hydrogen-bond acceptors (Lipinski definition) is 12. The van der Waals surface area contributed by atoms with Crippen LogP contribution in [-0.2, 0) is 19.0 Å². The zero-order valence-electron chi connectivity index (χ0n) is 27.2. The summed E-state index contributed by atoms with van der Waals surface area (Å²) in [5, 5.41) is 42.8. The van der Waals surface area contributed by atoms with Gasteiger partial charge in [-0.1, -0.05) is 41.3 Å². The van der Waals surface area contributed by atoms with Gasteiger partial charge in [-0.15, -0.1) is 5.10 Å². The maximum Gasteiger partial charge on any atom is 0.405 e. The number of amides is 3. The third-order valence-electron chi connectivity index (χ3n) is 7.59. The molecule has 2 bridgehead atoms. The third kappa shape index (κ3) is 9.25. The monoisotopic (exact) mass is 671 g/mol. The molecule has 3 amide bonds. The van der Waals surface area contributed by atoms with Gasteiger partial charge in [0, 0.05) is 37.3 Å². The summed E-state index contributed by atoms with van der Waals surface area (Å²) >= 11 is 0.869. The van der Waals surface area contributed by atoms with Crippen molar-refractivity contribution in [1.29, 1.82) is 0 Å². The molecule has 0 aliphatic carbocycles. The van der Waals surface area contributed by atoms with Crippen LogP contribution in [0.3, 0.4) is 0 Å². The molecule has 3 rings (SSSR count). The maximum absolute atomic E-state index is 13.1. The van der Waals surface area contributed by atoms with Gasteiger partial charge in [-0.25, -0.2) is 4.79 Å². The van der Waals surface area contributed by atoms with Crippen LogP contribution in [-0.4, -0.2) is 81.4 Å². The molecule has 7 N–H and O–H groups in total. The average molecular weight is 672 g/mol. The lowest BCUT2D eigenvalue weighted by molar-refractivity contribution is -0.112. The summed E-state index contributed by atoms with van der Waals surface area (Å²) in [6.07, 6.45) is 3.40. The van der Waals surface area contributed by atoms with Crippen LogP contribution in [0.25, 0.3) is 6.08 Å². The molecule has 5 unspecified atom stereocenters. The van der Waals surface area contributed by atoms with Gasteiger partial charge < -0.3 is 45.9 Å². The van der Waals surface area contributed by atoms with E-state index >= 15 is 0 Å². The fraction of sp³-hybridized carbons (Fsp3) is 0.406. The Morgan fingerprint density at radius 3 is 2.45 bits per heavy atom. The lowest BCUT2D eigenvalue weighted by Crippen LogP contribution is -2.36. The topological polar surface area (TPSA) is 215 Å². The number of aryl methyl sites for hydroxylation is 1. The van der Waals surface area contributed by atoms with Crippen LogP contribution >= 0.6 is 11.5 Å². The molecule has 1 aromatic carbocycles. The average Bonchev–Trinajstić information content (AvgIpc) is 3.45. The van der Waals surface area contributed by atoms with Gasteiger partial charge in [0.05, 0.1) is 29.3 Å². The third-order valence-corrected chi connectivity index (χ3v) is 8.42. The van der Waals surface area contributed by atoms with Crippen LogP contribution in [0.4, 0.5) is 16.2 Å². The van der Waals surface area contributed by atoms with E-state index in [0.717, 1.165) is 17.6 Å². The van der Waals surface area contributed by atoms with Crippen LogP contribution in [0.2, 0.25) is 0 Å². The molecule has 0 saturated carbocycles. The van der Waals surface area contributed by atoms with Crippen LogP contribution in [0.15, 0.2) is 47.1 Å². The van der Waals surface area contributed by atoms with E-state index in [-0.39, 0.29) is 33.8 Å². The van der Waals surface area contributed by atoms with Crippen molar-refractivity contribution >= 4 is 46.9 Å². The smallest absolute Gasteiger partial charge is 0.405 e. The summed E-state index contributed by atoms with van der Waals surface area (Å²) in [5.41, 5.74) is 6.84. The number of anilines is 2. The summed E-state index contributed by atoms with van der Waals surface area (Å²) in [5.74, 6) is -2.59. The number of phenolic OH excluding ortho intramolecular Hbond substituents is 2. The van der Waals surface area contributed by atoms with Crippen LogP contribution in [0, 0.1) is 12.8 Å². The normalized spacial score (nSPS) is 22.9. The van der Waals surface area contributed by atoms with Gasteiger partial charge in [-0.05, 0) is 57.3 Å². The number of methoxy groups -OCH3 is 2. The number of primary amides is 1. The molecule has 5 atom stereocenters. The largest absolute Gasteiger partial charge is 0.506 e. The van der Waals surface area contributed by atoms with Gasteiger partial charge >= 0.3 is 6.09 Å². The van der Waals surface area contributed by atoms with Gasteiger partial charge in [0.2, 0.25) is 0 Å². The van der Waals surface area contributed by atoms with E-state index in [4.69, 9.17) is 19.9 Å². The number of carbonyl (C=O) groups is 3. The number of carbonyl (C=O) groups excluding carboxylic acids is 3. The van der Waals surface area contributed by atoms with Gasteiger partial charge in [0.25, 0.3) is 11.8 Å². The summed E-state index contributed by atoms with van der Waals surface area (Å²) in [7, 11) is 2.86. The number of ether oxygens (including phenoxy) is 3. The number of nitrogens with one attached hydrogen (secondary N) is 2. The molecular formula is C32H41N5O9S. The number of aromatic nitrogens is 2. The highest BCUT2D eigenvalue weighted by Crippen LogP contribution is 2.43. The Balaban J connectivity index is 2.19. The SMILES string of the molecule is COC1C=CC=C(C)C(=O)Nc2cc(O)c(NC(=O)c3snnc3C)c(c2O)C=C(C)CC(OC)C(O)C(C)C=C(C)C1OC(N)=O. The van der Waals surface area contributed by atoms with Gasteiger partial charge in [0.1, 0.15) is 22.5 Å². The number of hydrogen-bond donors (Lipinski definition) is 6. The molecule has 47 heavy (non-hydrogen) atoms. The Morgan fingerprint density at radius 1 is 1.15 bits per heavy atom. The lowest BCUT2D eigenvalue weighted by Gasteiger charge is -2.28. The molecular weight excluding hydrogens is 630 g/mol. The number of fused-ring (bicyclic) bond motifs is 2. The van der Waals surface area contributed by atoms with E-state index in [2.05, 4.69) is 20.2 Å². The molecule has 1 aliphatic rings. The van der Waals surface area contributed by atoms with Crippen molar-refractivity contribution in [1.82, 2.24) is 9.59 Å². The number of aliphatic hydroxyl groups excluding tert-OH is 1. The minimum atomic E-state index is -1.05. The molecule has 2 heterocycles. The molecule has 1 aromatic heterocycles. The van der Waals surface area contributed by atoms with Crippen molar-refractivity contribution in [3.8, 4) is 11.5 Å². The summed E-state index contributed by atoms with van der Waals surface area (Å²) in [6, 6.07) is 1.11. The number of nitrogens with zero attached hydrogens (tertiary/aromatic N) is 2. The molecule has 1 aliphatic heterocycles. The minimum Gasteiger partial charge on any atom is -0.506 e. The Morgan fingerprint density at radius 2 is 1.85 bits per heavy atom. The number of phenols is 2. The van der Waals surface area contributed by atoms with Crippen molar-refractivity contribution in [2.24, 2.45) is 11.7 Å². The second-order valence-corrected chi connectivity index (χ2v) is 12.0. The maximum atomic E-state index is 13.1. The molecule has 0 saturated heterocycles. The Hall–Kier alpha value is -4.57. The molecule has 0 fully saturated rings. The predicted molar refractivity (Wildman–Crippen MR) is 177 cm³/mol. The molecule has 2 aromatic rings. The second kappa shape index (κ2) is 16.3. The first-order valence-electron chi connectivity index (χ1n) is 14.6. The van der Waals surface area contributed by atoms with E-state index in [1.165, 1.54) is 39.4 Å². The second-order valence-electron chi connectivity index (χ2n) is 11.2. The molecule has 0 radical (unpaired) electrons. The highest BCUT2D eigenvalue weighted by molar-refractivity contribution is 7.08. The van der Waals surface area contributed by atoms with E-state index < -0.39 is 59.7 Å². The van der Waals surface area contributed by atoms with Crippen LogP contribution in [0.1, 0.15) is 55.0 Å². The lowest BCUT2D eigenvalue weighted by atomic mass is 9.91. The highest BCUT2D eigenvalue weighted by atomic mass is 32.1. The molecule has 0 spiro atoms. The number of allylic oxidation sites excluding steroid dienone is 2. The van der Waals surface area contributed by atoms with Crippen molar-refractivity contribution in [3.05, 3.63) is 63.2 Å². The van der Waals surface area contributed by atoms with Gasteiger partial charge in [0.15, 0.2) is 6.10 Å². The first kappa shape index (κ1) is 36.9. The van der Waals surface area contributed by atoms with Crippen molar-refractivity contribution in [3.63, 3.8) is 0 Å². The van der Waals surface area contributed by atoms with Crippen LogP contribution < -0.4 is 16.4 Å². The number of benzene rings is 1. The van der Waals surface area contributed by atoms with Crippen LogP contribution in [0.5, 0.6) is 11.5 Å². The predicted octanol–water partition coefficient (Wildman–Crippen LogP) is 4.20. The first-order valence-corrected chi connectivity index (χ1v) is 15.4. The quantitative estimate of drug-likeness (QED) is 0.150. The Labute approximate surface area is 276 Å². The van der Waals surface area contributed by atoms with Gasteiger partial charge in [-0.2, -0.15) is 0 Å². The fourth-order valence-corrected chi connectivity index (χ4v) is 5.57. The van der Waals surface area contributed by atoms with Gasteiger partial charge in [-0.3, -0.25) is 9.59 Å². The summed E-state index contributed by atoms with van der Waals surface area (Å²) in [4.78, 5) is 38.2. The van der Waals surface area contributed by atoms with E-state index in [0.29, 0.717) is 16.8 Å². The Bertz CT molecular complexity index is 1610. The van der Waals surface area contributed by atoms with E-state index in [1.54, 1.807) is 39.8 Å². The van der Waals surface area contributed by atoms with E-state index in [1.807, 2.05) is 0 Å². The molecule has 14 nitrogen and oxygen atoms in total. The van der Waals surface area contributed by atoms with E-state index in [9.17, 15) is 29.7 Å². The first-order chi connectivity index (χ1) is 22.2. The standard InChI is InChI=1S/C32H41N5O9S/c1-15-11-20-25(35-31(42)29-19(5)36-37-47-29)22(38)14-21(27(20)40)34-30(41)16(2)9-8-10-23(44-6)28(46-32(33)43)18(4)13-17(3)26(39)24(12-15)45-7/h8-11,13-14,17,23-24,26,28,38-40H,12H2,1-7H3,(H2,33,43)(H,34,41)(H,35,42). The molecule has 254 valence electrons. The minimum absolute atomic E-state index is 0.00299. The Kier molecular flexibility index (Phi) is 12.8.